The highest BCUT2D eigenvalue weighted by Crippen LogP contribution is 2.27. The number of rotatable bonds is 6. The SMILES string of the molecule is CC.CC(NC(=O)C1=C(NS(=O)(=O)c2cccc3nccnc23)CC=C(F)C=C1)c1ccc(Cl)cc1Cl. The maximum atomic E-state index is 14.0. The Bertz CT molecular complexity index is 1520. The quantitative estimate of drug-likeness (QED) is 0.373. The minimum Gasteiger partial charge on any atom is -0.345 e. The summed E-state index contributed by atoms with van der Waals surface area (Å²) in [6.07, 6.45) is 6.18. The Morgan fingerprint density at radius 2 is 1.81 bits per heavy atom. The number of allylic oxidation sites excluding steroid dienone is 3. The molecule has 1 amide bonds. The summed E-state index contributed by atoms with van der Waals surface area (Å²) in [5.74, 6) is -1.22. The monoisotopic (exact) mass is 562 g/mol. The third-order valence-corrected chi connectivity index (χ3v) is 7.25. The number of sulfonamides is 1. The first-order valence-corrected chi connectivity index (χ1v) is 13.6. The minimum atomic E-state index is -4.19. The van der Waals surface area contributed by atoms with Crippen LogP contribution in [0.25, 0.3) is 11.0 Å². The molecule has 1 aliphatic carbocycles. The van der Waals surface area contributed by atoms with E-state index in [4.69, 9.17) is 23.2 Å². The summed E-state index contributed by atoms with van der Waals surface area (Å²) < 4.78 is 43.0. The van der Waals surface area contributed by atoms with Crippen LogP contribution in [0.2, 0.25) is 10.0 Å². The van der Waals surface area contributed by atoms with Crippen molar-refractivity contribution in [3.63, 3.8) is 0 Å². The van der Waals surface area contributed by atoms with Gasteiger partial charge in [0.25, 0.3) is 15.9 Å². The highest BCUT2D eigenvalue weighted by molar-refractivity contribution is 7.89. The summed E-state index contributed by atoms with van der Waals surface area (Å²) in [7, 11) is -4.19. The molecule has 4 rings (SSSR count). The maximum absolute atomic E-state index is 14.0. The molecule has 0 bridgehead atoms. The molecular formula is C26H25Cl2FN4O3S. The zero-order chi connectivity index (χ0) is 27.2. The number of para-hydroxylation sites is 1. The molecular weight excluding hydrogens is 538 g/mol. The molecule has 2 N–H and O–H groups in total. The summed E-state index contributed by atoms with van der Waals surface area (Å²) in [5.41, 5.74) is 1.14. The molecule has 1 atom stereocenters. The van der Waals surface area contributed by atoms with E-state index in [0.717, 1.165) is 6.08 Å². The van der Waals surface area contributed by atoms with E-state index in [9.17, 15) is 17.6 Å². The van der Waals surface area contributed by atoms with E-state index < -0.39 is 27.8 Å². The number of nitrogens with one attached hydrogen (secondary N) is 2. The molecule has 194 valence electrons. The van der Waals surface area contributed by atoms with Gasteiger partial charge in [-0.05, 0) is 55.0 Å². The predicted molar refractivity (Wildman–Crippen MR) is 144 cm³/mol. The maximum Gasteiger partial charge on any atom is 0.263 e. The second-order valence-electron chi connectivity index (χ2n) is 7.67. The van der Waals surface area contributed by atoms with Crippen LogP contribution in [0.1, 0.15) is 38.8 Å². The fourth-order valence-electron chi connectivity index (χ4n) is 3.56. The molecule has 1 unspecified atom stereocenters. The van der Waals surface area contributed by atoms with E-state index in [-0.39, 0.29) is 28.1 Å². The van der Waals surface area contributed by atoms with Crippen molar-refractivity contribution in [2.24, 2.45) is 0 Å². The molecule has 3 aromatic rings. The van der Waals surface area contributed by atoms with Crippen molar-refractivity contribution in [3.8, 4) is 0 Å². The van der Waals surface area contributed by atoms with Crippen molar-refractivity contribution in [2.45, 2.75) is 38.1 Å². The lowest BCUT2D eigenvalue weighted by Gasteiger charge is -2.19. The van der Waals surface area contributed by atoms with Crippen LogP contribution in [0.15, 0.2) is 89.0 Å². The third kappa shape index (κ3) is 6.74. The number of carbonyl (C=O) groups excluding carboxylic acids is 1. The van der Waals surface area contributed by atoms with Crippen molar-refractivity contribution in [2.75, 3.05) is 0 Å². The zero-order valence-corrected chi connectivity index (χ0v) is 22.6. The predicted octanol–water partition coefficient (Wildman–Crippen LogP) is 6.19. The van der Waals surface area contributed by atoms with Gasteiger partial charge in [-0.2, -0.15) is 0 Å². The zero-order valence-electron chi connectivity index (χ0n) is 20.3. The number of amides is 1. The highest BCUT2D eigenvalue weighted by atomic mass is 35.5. The van der Waals surface area contributed by atoms with Gasteiger partial charge in [0.05, 0.1) is 17.1 Å². The molecule has 2 aromatic carbocycles. The van der Waals surface area contributed by atoms with Crippen LogP contribution in [0.4, 0.5) is 4.39 Å². The van der Waals surface area contributed by atoms with Crippen LogP contribution in [0.3, 0.4) is 0 Å². The third-order valence-electron chi connectivity index (χ3n) is 5.27. The fraction of sp³-hybridized carbons (Fsp3) is 0.192. The summed E-state index contributed by atoms with van der Waals surface area (Å²) in [4.78, 5) is 21.3. The van der Waals surface area contributed by atoms with Crippen LogP contribution in [-0.2, 0) is 14.8 Å². The van der Waals surface area contributed by atoms with Crippen LogP contribution >= 0.6 is 23.2 Å². The van der Waals surface area contributed by atoms with Gasteiger partial charge >= 0.3 is 0 Å². The van der Waals surface area contributed by atoms with Gasteiger partial charge in [0, 0.05) is 34.6 Å². The Hall–Kier alpha value is -3.27. The minimum absolute atomic E-state index is 0.00157. The van der Waals surface area contributed by atoms with E-state index in [1.165, 1.54) is 36.7 Å². The van der Waals surface area contributed by atoms with Gasteiger partial charge in [-0.3, -0.25) is 19.5 Å². The first kappa shape index (κ1) is 28.3. The summed E-state index contributed by atoms with van der Waals surface area (Å²) in [6.45, 7) is 5.71. The van der Waals surface area contributed by atoms with Crippen molar-refractivity contribution < 1.29 is 17.6 Å². The Labute approximate surface area is 225 Å². The van der Waals surface area contributed by atoms with Crippen molar-refractivity contribution >= 4 is 50.2 Å². The van der Waals surface area contributed by atoms with Gasteiger partial charge in [-0.25, -0.2) is 12.8 Å². The van der Waals surface area contributed by atoms with E-state index in [1.807, 2.05) is 13.8 Å². The van der Waals surface area contributed by atoms with Crippen LogP contribution in [-0.4, -0.2) is 24.3 Å². The molecule has 7 nitrogen and oxygen atoms in total. The van der Waals surface area contributed by atoms with Gasteiger partial charge in [0.1, 0.15) is 16.2 Å². The van der Waals surface area contributed by atoms with Crippen molar-refractivity contribution in [1.82, 2.24) is 20.0 Å². The van der Waals surface area contributed by atoms with Gasteiger partial charge < -0.3 is 5.32 Å². The Kier molecular flexibility index (Phi) is 9.42. The highest BCUT2D eigenvalue weighted by Gasteiger charge is 2.24. The average molecular weight is 563 g/mol. The molecule has 0 fully saturated rings. The van der Waals surface area contributed by atoms with E-state index >= 15 is 0 Å². The Morgan fingerprint density at radius 3 is 2.54 bits per heavy atom. The largest absolute Gasteiger partial charge is 0.345 e. The average Bonchev–Trinajstić information content (AvgIpc) is 3.05. The van der Waals surface area contributed by atoms with Gasteiger partial charge in [0.2, 0.25) is 0 Å². The lowest BCUT2D eigenvalue weighted by molar-refractivity contribution is -0.117. The van der Waals surface area contributed by atoms with E-state index in [0.29, 0.717) is 21.1 Å². The molecule has 11 heteroatoms. The molecule has 0 saturated carbocycles. The van der Waals surface area contributed by atoms with Crippen molar-refractivity contribution in [1.29, 1.82) is 0 Å². The van der Waals surface area contributed by atoms with Crippen LogP contribution in [0.5, 0.6) is 0 Å². The Morgan fingerprint density at radius 1 is 1.08 bits per heavy atom. The number of nitrogens with zero attached hydrogens (tertiary/aromatic N) is 2. The second kappa shape index (κ2) is 12.3. The van der Waals surface area contributed by atoms with Gasteiger partial charge in [-0.15, -0.1) is 0 Å². The first-order valence-electron chi connectivity index (χ1n) is 11.4. The first-order chi connectivity index (χ1) is 17.7. The summed E-state index contributed by atoms with van der Waals surface area (Å²) in [5, 5.41) is 3.59. The Balaban J connectivity index is 0.00000186. The number of hydrogen-bond donors (Lipinski definition) is 2. The molecule has 1 heterocycles. The van der Waals surface area contributed by atoms with Crippen LogP contribution in [0, 0.1) is 0 Å². The van der Waals surface area contributed by atoms with Crippen molar-refractivity contribution in [3.05, 3.63) is 99.7 Å². The number of benzene rings is 2. The molecule has 1 aliphatic rings. The van der Waals surface area contributed by atoms with Crippen LogP contribution < -0.4 is 10.0 Å². The molecule has 0 spiro atoms. The molecule has 0 aliphatic heterocycles. The number of hydrogen-bond acceptors (Lipinski definition) is 5. The van der Waals surface area contributed by atoms with E-state index in [1.54, 1.807) is 31.2 Å². The van der Waals surface area contributed by atoms with Gasteiger partial charge in [0.15, 0.2) is 0 Å². The standard InChI is InChI=1S/C24H19Cl2FN4O3S.C2H6/c1-14(17-8-5-15(25)13-19(17)26)30-24(32)18-9-6-16(27)7-10-20(18)31-35(33,34)22-4-2-3-21-23(22)29-12-11-28-21;1-2/h2-9,11-14,31H,10H2,1H3,(H,30,32);1-2H3. The fourth-order valence-corrected chi connectivity index (χ4v) is 5.42. The number of halogens is 3. The molecule has 0 radical (unpaired) electrons. The molecule has 37 heavy (non-hydrogen) atoms. The lowest BCUT2D eigenvalue weighted by atomic mass is 10.1. The summed E-state index contributed by atoms with van der Waals surface area (Å²) in [6, 6.07) is 8.89. The topological polar surface area (TPSA) is 101 Å². The molecule has 0 saturated heterocycles. The van der Waals surface area contributed by atoms with E-state index in [2.05, 4.69) is 20.0 Å². The number of fused-ring (bicyclic) bond motifs is 1. The second-order valence-corrected chi connectivity index (χ2v) is 10.2. The van der Waals surface area contributed by atoms with Gasteiger partial charge in [-0.1, -0.05) is 49.2 Å². The molecule has 1 aromatic heterocycles. The smallest absolute Gasteiger partial charge is 0.263 e. The summed E-state index contributed by atoms with van der Waals surface area (Å²) >= 11 is 12.2. The normalized spacial score (nSPS) is 14.3. The number of carbonyl (C=O) groups is 1. The number of aromatic nitrogens is 2. The lowest BCUT2D eigenvalue weighted by Crippen LogP contribution is -2.32.